The third-order valence-corrected chi connectivity index (χ3v) is 5.14. The number of anilines is 2. The molecular weight excluding hydrogens is 437 g/mol. The molecule has 0 amide bonds. The average Bonchev–Trinajstić information content (AvgIpc) is 2.73. The molecule has 4 aromatic rings. The number of fused-ring (bicyclic) bond motifs is 3. The monoisotopic (exact) mass is 451 g/mol. The summed E-state index contributed by atoms with van der Waals surface area (Å²) in [7, 11) is 0. The number of hydrogen-bond acceptors (Lipinski definition) is 5. The van der Waals surface area contributed by atoms with E-state index in [1.54, 1.807) is 18.5 Å². The zero-order valence-corrected chi connectivity index (χ0v) is 16.8. The van der Waals surface area contributed by atoms with Crippen LogP contribution in [-0.4, -0.2) is 23.1 Å². The van der Waals surface area contributed by atoms with E-state index in [0.29, 0.717) is 36.3 Å². The van der Waals surface area contributed by atoms with Crippen molar-refractivity contribution in [2.45, 2.75) is 0 Å². The number of ether oxygens (including phenoxy) is 2. The van der Waals surface area contributed by atoms with E-state index in [0.717, 1.165) is 20.9 Å². The van der Waals surface area contributed by atoms with Crippen LogP contribution in [0.4, 0.5) is 16.0 Å². The molecule has 5 nitrogen and oxygen atoms in total. The van der Waals surface area contributed by atoms with Gasteiger partial charge in [-0.1, -0.05) is 28.1 Å². The molecule has 0 aliphatic carbocycles. The van der Waals surface area contributed by atoms with Crippen LogP contribution >= 0.6 is 15.9 Å². The first-order valence-electron chi connectivity index (χ1n) is 9.05. The largest absolute Gasteiger partial charge is 0.489 e. The zero-order chi connectivity index (χ0) is 19.8. The topological polar surface area (TPSA) is 47.5 Å². The molecule has 1 aliphatic rings. The summed E-state index contributed by atoms with van der Waals surface area (Å²) in [6.45, 7) is 1.11. The maximum Gasteiger partial charge on any atom is 0.230 e. The van der Waals surface area contributed by atoms with Gasteiger partial charge in [-0.2, -0.15) is 0 Å². The Kier molecular flexibility index (Phi) is 4.52. The maximum atomic E-state index is 13.5. The van der Waals surface area contributed by atoms with E-state index in [9.17, 15) is 4.39 Å². The predicted molar refractivity (Wildman–Crippen MR) is 113 cm³/mol. The fourth-order valence-electron chi connectivity index (χ4n) is 3.36. The molecule has 0 bridgehead atoms. The fourth-order valence-corrected chi connectivity index (χ4v) is 3.74. The van der Waals surface area contributed by atoms with Crippen LogP contribution < -0.4 is 14.4 Å². The Balaban J connectivity index is 1.45. The number of halogens is 2. The second-order valence-corrected chi connectivity index (χ2v) is 7.47. The predicted octanol–water partition coefficient (Wildman–Crippen LogP) is 5.85. The van der Waals surface area contributed by atoms with E-state index in [4.69, 9.17) is 9.47 Å². The summed E-state index contributed by atoms with van der Waals surface area (Å²) in [5.74, 6) is 2.25. The van der Waals surface area contributed by atoms with Crippen molar-refractivity contribution in [2.24, 2.45) is 0 Å². The van der Waals surface area contributed by atoms with Gasteiger partial charge in [-0.05, 0) is 47.9 Å². The number of nitrogens with zero attached hydrogens (tertiary/aromatic N) is 3. The Morgan fingerprint density at radius 2 is 1.86 bits per heavy atom. The number of aromatic nitrogens is 2. The second-order valence-electron chi connectivity index (χ2n) is 6.56. The number of benzene rings is 3. The second kappa shape index (κ2) is 7.33. The third-order valence-electron chi connectivity index (χ3n) is 4.65. The van der Waals surface area contributed by atoms with E-state index >= 15 is 0 Å². The van der Waals surface area contributed by atoms with Gasteiger partial charge in [0.25, 0.3) is 0 Å². The first-order valence-corrected chi connectivity index (χ1v) is 9.85. The number of hydrogen-bond donors (Lipinski definition) is 0. The van der Waals surface area contributed by atoms with Crippen molar-refractivity contribution in [3.05, 3.63) is 77.3 Å². The lowest BCUT2D eigenvalue weighted by Crippen LogP contribution is -2.30. The molecular formula is C22H15BrFN3O2. The van der Waals surface area contributed by atoms with Gasteiger partial charge < -0.3 is 14.4 Å². The van der Waals surface area contributed by atoms with Crippen molar-refractivity contribution in [3.63, 3.8) is 0 Å². The summed E-state index contributed by atoms with van der Waals surface area (Å²) in [6, 6.07) is 16.0. The number of rotatable bonds is 3. The molecule has 5 rings (SSSR count). The van der Waals surface area contributed by atoms with Crippen LogP contribution in [0.2, 0.25) is 0 Å². The molecule has 0 fully saturated rings. The molecule has 29 heavy (non-hydrogen) atoms. The fraction of sp³-hybridized carbons (Fsp3) is 0.0909. The summed E-state index contributed by atoms with van der Waals surface area (Å²) < 4.78 is 26.2. The van der Waals surface area contributed by atoms with Crippen LogP contribution in [0.1, 0.15) is 0 Å². The lowest BCUT2D eigenvalue weighted by molar-refractivity contribution is 0.317. The summed E-state index contributed by atoms with van der Waals surface area (Å²) in [6.07, 6.45) is 3.30. The van der Waals surface area contributed by atoms with Gasteiger partial charge in [-0.3, -0.25) is 0 Å². The first-order chi connectivity index (χ1) is 14.2. The van der Waals surface area contributed by atoms with Gasteiger partial charge in [0.15, 0.2) is 11.5 Å². The van der Waals surface area contributed by atoms with Gasteiger partial charge in [-0.25, -0.2) is 14.4 Å². The van der Waals surface area contributed by atoms with Gasteiger partial charge in [0, 0.05) is 9.86 Å². The molecule has 0 atom stereocenters. The van der Waals surface area contributed by atoms with Crippen LogP contribution in [0.5, 0.6) is 17.2 Å². The van der Waals surface area contributed by atoms with Gasteiger partial charge in [-0.15, -0.1) is 0 Å². The summed E-state index contributed by atoms with van der Waals surface area (Å²) in [5, 5.41) is 1.66. The van der Waals surface area contributed by atoms with E-state index < -0.39 is 0 Å². The lowest BCUT2D eigenvalue weighted by Gasteiger charge is -2.30. The van der Waals surface area contributed by atoms with Gasteiger partial charge in [0.2, 0.25) is 5.95 Å². The van der Waals surface area contributed by atoms with E-state index in [-0.39, 0.29) is 5.82 Å². The van der Waals surface area contributed by atoms with Crippen LogP contribution in [0, 0.1) is 5.82 Å². The molecule has 0 spiro atoms. The van der Waals surface area contributed by atoms with E-state index in [2.05, 4.69) is 25.9 Å². The Morgan fingerprint density at radius 3 is 2.69 bits per heavy atom. The Morgan fingerprint density at radius 1 is 1.00 bits per heavy atom. The van der Waals surface area contributed by atoms with Gasteiger partial charge in [0.05, 0.1) is 24.6 Å². The SMILES string of the molecule is Fc1ccc2c3c(ccc2c1)N(c1ncc(Oc2cccc(Br)c2)cn1)CCO3. The molecule has 0 unspecified atom stereocenters. The molecule has 0 radical (unpaired) electrons. The molecule has 0 saturated carbocycles. The van der Waals surface area contributed by atoms with E-state index in [1.165, 1.54) is 12.1 Å². The van der Waals surface area contributed by atoms with Crippen LogP contribution in [0.3, 0.4) is 0 Å². The highest BCUT2D eigenvalue weighted by molar-refractivity contribution is 9.10. The normalized spacial score (nSPS) is 13.1. The summed E-state index contributed by atoms with van der Waals surface area (Å²) in [5.41, 5.74) is 0.857. The summed E-state index contributed by atoms with van der Waals surface area (Å²) >= 11 is 3.43. The first kappa shape index (κ1) is 17.9. The highest BCUT2D eigenvalue weighted by Crippen LogP contribution is 2.41. The van der Waals surface area contributed by atoms with Crippen molar-refractivity contribution < 1.29 is 13.9 Å². The van der Waals surface area contributed by atoms with Crippen LogP contribution in [0.25, 0.3) is 10.8 Å². The smallest absolute Gasteiger partial charge is 0.230 e. The van der Waals surface area contributed by atoms with Gasteiger partial charge in [0.1, 0.15) is 18.2 Å². The molecule has 144 valence electrons. The highest BCUT2D eigenvalue weighted by Gasteiger charge is 2.23. The average molecular weight is 452 g/mol. The molecule has 0 N–H and O–H groups in total. The van der Waals surface area contributed by atoms with Crippen molar-refractivity contribution in [3.8, 4) is 17.2 Å². The molecule has 3 aromatic carbocycles. The summed E-state index contributed by atoms with van der Waals surface area (Å²) in [4.78, 5) is 10.9. The zero-order valence-electron chi connectivity index (χ0n) is 15.2. The van der Waals surface area contributed by atoms with Crippen molar-refractivity contribution in [1.82, 2.24) is 9.97 Å². The molecule has 1 aliphatic heterocycles. The molecule has 1 aromatic heterocycles. The minimum Gasteiger partial charge on any atom is -0.489 e. The van der Waals surface area contributed by atoms with Crippen molar-refractivity contribution >= 4 is 38.3 Å². The highest BCUT2D eigenvalue weighted by atomic mass is 79.9. The Bertz CT molecular complexity index is 1200. The van der Waals surface area contributed by atoms with Crippen molar-refractivity contribution in [1.29, 1.82) is 0 Å². The third kappa shape index (κ3) is 3.49. The minimum absolute atomic E-state index is 0.269. The molecule has 0 saturated heterocycles. The van der Waals surface area contributed by atoms with E-state index in [1.807, 2.05) is 41.3 Å². The van der Waals surface area contributed by atoms with Crippen LogP contribution in [-0.2, 0) is 0 Å². The Hall–Kier alpha value is -3.19. The molecule has 2 heterocycles. The van der Waals surface area contributed by atoms with Crippen LogP contribution in [0.15, 0.2) is 71.5 Å². The molecule has 7 heteroatoms. The standard InChI is InChI=1S/C22H15BrFN3O2/c23-15-2-1-3-17(11-15)29-18-12-25-22(26-13-18)27-8-9-28-21-19-6-5-16(24)10-14(19)4-7-20(21)27/h1-7,10-13H,8-9H2. The van der Waals surface area contributed by atoms with Crippen molar-refractivity contribution in [2.75, 3.05) is 18.1 Å². The van der Waals surface area contributed by atoms with Gasteiger partial charge >= 0.3 is 0 Å². The lowest BCUT2D eigenvalue weighted by atomic mass is 10.1. The quantitative estimate of drug-likeness (QED) is 0.390. The minimum atomic E-state index is -0.269. The maximum absolute atomic E-state index is 13.5. The Labute approximate surface area is 174 Å².